The van der Waals surface area contributed by atoms with E-state index in [1.807, 2.05) is 0 Å². The molecule has 5 rings (SSSR count). The number of aryl methyl sites for hydroxylation is 1. The third-order valence-corrected chi connectivity index (χ3v) is 6.62. The first-order valence-corrected chi connectivity index (χ1v) is 9.62. The van der Waals surface area contributed by atoms with Gasteiger partial charge in [0.15, 0.2) is 0 Å². The van der Waals surface area contributed by atoms with Gasteiger partial charge < -0.3 is 10.6 Å². The van der Waals surface area contributed by atoms with E-state index in [2.05, 4.69) is 48.7 Å². The van der Waals surface area contributed by atoms with E-state index in [0.717, 1.165) is 17.8 Å². The summed E-state index contributed by atoms with van der Waals surface area (Å²) in [5, 5.41) is 6.83. The first kappa shape index (κ1) is 16.1. The highest BCUT2D eigenvalue weighted by atomic mass is 16.2. The van der Waals surface area contributed by atoms with E-state index in [1.54, 1.807) is 0 Å². The van der Waals surface area contributed by atoms with Crippen LogP contribution in [0.1, 0.15) is 62.6 Å². The summed E-state index contributed by atoms with van der Waals surface area (Å²) in [5.41, 5.74) is 2.68. The first-order valence-electron chi connectivity index (χ1n) is 9.62. The minimum absolute atomic E-state index is 0.0660. The number of carbonyl (C=O) groups excluding carboxylic acids is 1. The molecule has 4 fully saturated rings. The van der Waals surface area contributed by atoms with Gasteiger partial charge in [0.25, 0.3) is 0 Å². The van der Waals surface area contributed by atoms with Crippen molar-refractivity contribution in [3.05, 3.63) is 35.4 Å². The smallest absolute Gasteiger partial charge is 0.234 e. The molecule has 24 heavy (non-hydrogen) atoms. The van der Waals surface area contributed by atoms with Crippen molar-refractivity contribution in [2.24, 2.45) is 17.8 Å². The molecular formula is C21H30N2O. The first-order chi connectivity index (χ1) is 11.5. The van der Waals surface area contributed by atoms with Crippen LogP contribution in [-0.4, -0.2) is 18.0 Å². The molecule has 0 spiro atoms. The van der Waals surface area contributed by atoms with Crippen molar-refractivity contribution in [3.63, 3.8) is 0 Å². The van der Waals surface area contributed by atoms with Gasteiger partial charge in [-0.15, -0.1) is 0 Å². The molecule has 1 amide bonds. The van der Waals surface area contributed by atoms with Crippen molar-refractivity contribution in [3.8, 4) is 0 Å². The predicted molar refractivity (Wildman–Crippen MR) is 96.6 cm³/mol. The highest BCUT2D eigenvalue weighted by molar-refractivity contribution is 5.78. The summed E-state index contributed by atoms with van der Waals surface area (Å²) in [7, 11) is 0. The lowest BCUT2D eigenvalue weighted by molar-refractivity contribution is -0.122. The lowest BCUT2D eigenvalue weighted by atomic mass is 9.53. The van der Waals surface area contributed by atoms with Gasteiger partial charge in [-0.1, -0.05) is 29.8 Å². The van der Waals surface area contributed by atoms with Gasteiger partial charge in [0.1, 0.15) is 0 Å². The van der Waals surface area contributed by atoms with Crippen molar-refractivity contribution >= 4 is 5.91 Å². The Morgan fingerprint density at radius 1 is 1.08 bits per heavy atom. The van der Waals surface area contributed by atoms with Gasteiger partial charge in [-0.3, -0.25) is 4.79 Å². The average Bonchev–Trinajstić information content (AvgIpc) is 2.52. The van der Waals surface area contributed by atoms with Crippen LogP contribution in [0.15, 0.2) is 24.3 Å². The Morgan fingerprint density at radius 3 is 2.17 bits per heavy atom. The molecule has 3 nitrogen and oxygen atoms in total. The Kier molecular flexibility index (Phi) is 4.16. The maximum atomic E-state index is 12.4. The number of nitrogens with one attached hydrogen (secondary N) is 2. The van der Waals surface area contributed by atoms with Gasteiger partial charge in [0.2, 0.25) is 5.91 Å². The molecule has 2 N–H and O–H groups in total. The number of hydrogen-bond donors (Lipinski definition) is 2. The maximum absolute atomic E-state index is 12.4. The molecule has 4 saturated carbocycles. The van der Waals surface area contributed by atoms with Crippen LogP contribution in [0, 0.1) is 24.7 Å². The zero-order valence-electron chi connectivity index (χ0n) is 15.0. The van der Waals surface area contributed by atoms with Crippen LogP contribution in [0.3, 0.4) is 0 Å². The van der Waals surface area contributed by atoms with E-state index in [4.69, 9.17) is 0 Å². The summed E-state index contributed by atoms with van der Waals surface area (Å²) in [6.45, 7) is 4.61. The molecule has 0 radical (unpaired) electrons. The summed E-state index contributed by atoms with van der Waals surface area (Å²) in [4.78, 5) is 12.4. The standard InChI is InChI=1S/C21H30N2O/c1-14-3-5-19(6-4-14)15(2)23-20(24)13-22-21-10-16-7-17(11-21)9-18(8-16)12-21/h3-6,15-18,22H,7-13H2,1-2H3,(H,23,24)/t15-,16?,17?,18?,21?/m1/s1. The summed E-state index contributed by atoms with van der Waals surface area (Å²) in [6, 6.07) is 8.48. The zero-order chi connectivity index (χ0) is 16.7. The van der Waals surface area contributed by atoms with Crippen LogP contribution in [0.5, 0.6) is 0 Å². The van der Waals surface area contributed by atoms with Gasteiger partial charge in [-0.25, -0.2) is 0 Å². The normalized spacial score (nSPS) is 35.0. The number of benzene rings is 1. The second-order valence-electron chi connectivity index (χ2n) is 8.75. The molecule has 4 bridgehead atoms. The Balaban J connectivity index is 1.31. The molecule has 0 aromatic heterocycles. The quantitative estimate of drug-likeness (QED) is 0.865. The van der Waals surface area contributed by atoms with Crippen LogP contribution in [0.2, 0.25) is 0 Å². The molecule has 1 aromatic rings. The topological polar surface area (TPSA) is 41.1 Å². The van der Waals surface area contributed by atoms with Gasteiger partial charge in [0.05, 0.1) is 12.6 Å². The molecule has 0 unspecified atom stereocenters. The zero-order valence-corrected chi connectivity index (χ0v) is 15.0. The van der Waals surface area contributed by atoms with Crippen LogP contribution >= 0.6 is 0 Å². The Bertz CT molecular complexity index is 571. The number of amides is 1. The van der Waals surface area contributed by atoms with Crippen LogP contribution < -0.4 is 10.6 Å². The highest BCUT2D eigenvalue weighted by Gasteiger charge is 2.50. The largest absolute Gasteiger partial charge is 0.348 e. The molecule has 1 atom stereocenters. The van der Waals surface area contributed by atoms with Crippen molar-refractivity contribution < 1.29 is 4.79 Å². The molecular weight excluding hydrogens is 296 g/mol. The summed E-state index contributed by atoms with van der Waals surface area (Å²) in [5.74, 6) is 2.87. The van der Waals surface area contributed by atoms with Gasteiger partial charge >= 0.3 is 0 Å². The SMILES string of the molecule is Cc1ccc([C@@H](C)NC(=O)CNC23CC4CC(CC(C4)C2)C3)cc1. The molecule has 130 valence electrons. The van der Waals surface area contributed by atoms with Crippen molar-refractivity contribution in [1.82, 2.24) is 10.6 Å². The lowest BCUT2D eigenvalue weighted by Crippen LogP contribution is -2.59. The van der Waals surface area contributed by atoms with Crippen LogP contribution in [0.25, 0.3) is 0 Å². The van der Waals surface area contributed by atoms with E-state index in [-0.39, 0.29) is 17.5 Å². The number of hydrogen-bond acceptors (Lipinski definition) is 2. The third-order valence-electron chi connectivity index (χ3n) is 6.62. The van der Waals surface area contributed by atoms with E-state index >= 15 is 0 Å². The second-order valence-corrected chi connectivity index (χ2v) is 8.75. The summed E-state index contributed by atoms with van der Waals surface area (Å²) < 4.78 is 0. The van der Waals surface area contributed by atoms with Gasteiger partial charge in [-0.05, 0) is 75.7 Å². The third kappa shape index (κ3) is 3.23. The highest BCUT2D eigenvalue weighted by Crippen LogP contribution is 2.55. The van der Waals surface area contributed by atoms with Crippen molar-refractivity contribution in [2.45, 2.75) is 64.0 Å². The predicted octanol–water partition coefficient (Wildman–Crippen LogP) is 3.73. The van der Waals surface area contributed by atoms with E-state index in [9.17, 15) is 4.79 Å². The fourth-order valence-corrected chi connectivity index (χ4v) is 5.83. The Hall–Kier alpha value is -1.35. The molecule has 1 aromatic carbocycles. The molecule has 4 aliphatic rings. The number of carbonyl (C=O) groups is 1. The summed E-state index contributed by atoms with van der Waals surface area (Å²) >= 11 is 0. The van der Waals surface area contributed by atoms with Crippen molar-refractivity contribution in [2.75, 3.05) is 6.54 Å². The average molecular weight is 326 g/mol. The van der Waals surface area contributed by atoms with Gasteiger partial charge in [0, 0.05) is 5.54 Å². The van der Waals surface area contributed by atoms with Crippen LogP contribution in [0.4, 0.5) is 0 Å². The molecule has 0 aliphatic heterocycles. The number of rotatable bonds is 5. The lowest BCUT2D eigenvalue weighted by Gasteiger charge is -2.57. The fraction of sp³-hybridized carbons (Fsp3) is 0.667. The summed E-state index contributed by atoms with van der Waals surface area (Å²) in [6.07, 6.45) is 8.20. The molecule has 4 aliphatic carbocycles. The van der Waals surface area contributed by atoms with Crippen LogP contribution in [-0.2, 0) is 4.79 Å². The Morgan fingerprint density at radius 2 is 1.62 bits per heavy atom. The van der Waals surface area contributed by atoms with E-state index < -0.39 is 0 Å². The fourth-order valence-electron chi connectivity index (χ4n) is 5.83. The maximum Gasteiger partial charge on any atom is 0.234 e. The van der Waals surface area contributed by atoms with E-state index in [1.165, 1.54) is 49.7 Å². The molecule has 3 heteroatoms. The molecule has 0 saturated heterocycles. The minimum atomic E-state index is 0.0660. The minimum Gasteiger partial charge on any atom is -0.348 e. The molecule has 0 heterocycles. The second kappa shape index (κ2) is 6.18. The van der Waals surface area contributed by atoms with E-state index in [0.29, 0.717) is 6.54 Å². The Labute approximate surface area is 145 Å². The monoisotopic (exact) mass is 326 g/mol. The van der Waals surface area contributed by atoms with Gasteiger partial charge in [-0.2, -0.15) is 0 Å². The van der Waals surface area contributed by atoms with Crippen molar-refractivity contribution in [1.29, 1.82) is 0 Å².